The molecular formula is C17H30N2O3S. The summed E-state index contributed by atoms with van der Waals surface area (Å²) >= 11 is 1.11. The minimum absolute atomic E-state index is 0.292. The highest BCUT2D eigenvalue weighted by atomic mass is 32.2. The SMILES string of the molecule is CCCCCCCCCCN1C(=O)C(=O)N(SC(C)(C)C)C1=O. The average Bonchev–Trinajstić information content (AvgIpc) is 2.65. The number of imide groups is 2. The van der Waals surface area contributed by atoms with Gasteiger partial charge in [-0.1, -0.05) is 51.9 Å². The third kappa shape index (κ3) is 6.53. The predicted octanol–water partition coefficient (Wildman–Crippen LogP) is 4.36. The Morgan fingerprint density at radius 2 is 1.35 bits per heavy atom. The summed E-state index contributed by atoms with van der Waals surface area (Å²) in [5, 5.41) is 0. The minimum Gasteiger partial charge on any atom is -0.263 e. The summed E-state index contributed by atoms with van der Waals surface area (Å²) in [6.45, 7) is 8.27. The largest absolute Gasteiger partial charge is 0.344 e. The molecule has 132 valence electrons. The van der Waals surface area contributed by atoms with Gasteiger partial charge in [0.05, 0.1) is 0 Å². The van der Waals surface area contributed by atoms with Crippen LogP contribution in [0.5, 0.6) is 0 Å². The van der Waals surface area contributed by atoms with E-state index in [9.17, 15) is 14.4 Å². The summed E-state index contributed by atoms with van der Waals surface area (Å²) in [6.07, 6.45) is 9.16. The van der Waals surface area contributed by atoms with Gasteiger partial charge in [-0.25, -0.2) is 4.79 Å². The summed E-state index contributed by atoms with van der Waals surface area (Å²) in [5.74, 6) is -1.40. The number of hydrogen-bond donors (Lipinski definition) is 0. The van der Waals surface area contributed by atoms with Crippen molar-refractivity contribution in [1.29, 1.82) is 0 Å². The first-order chi connectivity index (χ1) is 10.8. The van der Waals surface area contributed by atoms with Gasteiger partial charge in [-0.05, 0) is 39.1 Å². The summed E-state index contributed by atoms with van der Waals surface area (Å²) in [6, 6.07) is -0.483. The van der Waals surface area contributed by atoms with Crippen molar-refractivity contribution >= 4 is 29.8 Å². The second-order valence-corrected chi connectivity index (χ2v) is 8.79. The maximum absolute atomic E-state index is 12.2. The highest BCUT2D eigenvalue weighted by molar-refractivity contribution is 7.99. The summed E-state index contributed by atoms with van der Waals surface area (Å²) in [7, 11) is 0. The summed E-state index contributed by atoms with van der Waals surface area (Å²) in [4.78, 5) is 37.2. The number of urea groups is 1. The van der Waals surface area contributed by atoms with Crippen LogP contribution in [0, 0.1) is 0 Å². The zero-order chi connectivity index (χ0) is 17.5. The average molecular weight is 343 g/mol. The molecule has 1 rings (SSSR count). The Morgan fingerprint density at radius 3 is 1.87 bits per heavy atom. The first-order valence-corrected chi connectivity index (χ1v) is 9.44. The van der Waals surface area contributed by atoms with Gasteiger partial charge in [0.1, 0.15) is 0 Å². The Morgan fingerprint density at radius 1 is 0.826 bits per heavy atom. The van der Waals surface area contributed by atoms with Crippen molar-refractivity contribution in [3.63, 3.8) is 0 Å². The van der Waals surface area contributed by atoms with Gasteiger partial charge in [-0.3, -0.25) is 14.5 Å². The van der Waals surface area contributed by atoms with Crippen LogP contribution >= 0.6 is 11.9 Å². The van der Waals surface area contributed by atoms with E-state index in [2.05, 4.69) is 6.92 Å². The molecule has 0 saturated carbocycles. The lowest BCUT2D eigenvalue weighted by molar-refractivity contribution is -0.141. The van der Waals surface area contributed by atoms with Crippen LogP contribution in [0.25, 0.3) is 0 Å². The molecule has 1 aliphatic rings. The highest BCUT2D eigenvalue weighted by Gasteiger charge is 2.46. The van der Waals surface area contributed by atoms with E-state index in [4.69, 9.17) is 0 Å². The van der Waals surface area contributed by atoms with E-state index < -0.39 is 17.8 Å². The third-order valence-corrected chi connectivity index (χ3v) is 4.67. The molecule has 0 bridgehead atoms. The van der Waals surface area contributed by atoms with Gasteiger partial charge in [0, 0.05) is 11.3 Å². The fourth-order valence-corrected chi connectivity index (χ4v) is 3.33. The molecular weight excluding hydrogens is 312 g/mol. The third-order valence-electron chi connectivity index (χ3n) is 3.62. The van der Waals surface area contributed by atoms with Crippen molar-refractivity contribution in [2.24, 2.45) is 0 Å². The molecule has 1 saturated heterocycles. The second-order valence-electron chi connectivity index (χ2n) is 7.02. The van der Waals surface area contributed by atoms with Crippen molar-refractivity contribution in [3.05, 3.63) is 0 Å². The van der Waals surface area contributed by atoms with Crippen molar-refractivity contribution in [2.45, 2.75) is 83.8 Å². The van der Waals surface area contributed by atoms with E-state index in [1.165, 1.54) is 32.1 Å². The highest BCUT2D eigenvalue weighted by Crippen LogP contribution is 2.31. The Bertz CT molecular complexity index is 432. The van der Waals surface area contributed by atoms with E-state index in [0.29, 0.717) is 6.54 Å². The molecule has 0 aliphatic carbocycles. The molecule has 0 aromatic rings. The molecule has 0 unspecified atom stereocenters. The molecule has 0 radical (unpaired) electrons. The van der Waals surface area contributed by atoms with Crippen molar-refractivity contribution in [1.82, 2.24) is 9.21 Å². The lowest BCUT2D eigenvalue weighted by Crippen LogP contribution is -2.33. The fraction of sp³-hybridized carbons (Fsp3) is 0.824. The maximum atomic E-state index is 12.2. The zero-order valence-corrected chi connectivity index (χ0v) is 15.7. The van der Waals surface area contributed by atoms with Gasteiger partial charge in [-0.2, -0.15) is 4.31 Å². The molecule has 0 atom stereocenters. The Kier molecular flexibility index (Phi) is 8.09. The van der Waals surface area contributed by atoms with Crippen molar-refractivity contribution in [2.75, 3.05) is 6.54 Å². The van der Waals surface area contributed by atoms with Crippen LogP contribution in [0.4, 0.5) is 4.79 Å². The molecule has 1 fully saturated rings. The summed E-state index contributed by atoms with van der Waals surface area (Å²) in [5.41, 5.74) is 0. The minimum atomic E-state index is -0.713. The molecule has 1 heterocycles. The van der Waals surface area contributed by atoms with Gasteiger partial charge >= 0.3 is 17.8 Å². The summed E-state index contributed by atoms with van der Waals surface area (Å²) < 4.78 is 0.715. The lowest BCUT2D eigenvalue weighted by Gasteiger charge is -2.22. The standard InChI is InChI=1S/C17H30N2O3S/c1-5-6-7-8-9-10-11-12-13-18-14(20)15(21)19(16(18)22)23-17(2,3)4/h5-13H2,1-4H3. The van der Waals surface area contributed by atoms with Crippen LogP contribution in [0.3, 0.4) is 0 Å². The van der Waals surface area contributed by atoms with Gasteiger partial charge < -0.3 is 0 Å². The van der Waals surface area contributed by atoms with Crippen LogP contribution in [0.2, 0.25) is 0 Å². The van der Waals surface area contributed by atoms with Crippen LogP contribution in [0.1, 0.15) is 79.1 Å². The number of unbranched alkanes of at least 4 members (excludes halogenated alkanes) is 7. The lowest BCUT2D eigenvalue weighted by atomic mass is 10.1. The first kappa shape index (κ1) is 20.0. The molecule has 1 aliphatic heterocycles. The molecule has 4 amide bonds. The molecule has 0 spiro atoms. The Balaban J connectivity index is 2.33. The molecule has 5 nitrogen and oxygen atoms in total. The van der Waals surface area contributed by atoms with E-state index in [0.717, 1.165) is 40.4 Å². The van der Waals surface area contributed by atoms with Crippen LogP contribution < -0.4 is 0 Å². The zero-order valence-electron chi connectivity index (χ0n) is 14.9. The van der Waals surface area contributed by atoms with E-state index >= 15 is 0 Å². The van der Waals surface area contributed by atoms with Crippen LogP contribution in [0.15, 0.2) is 0 Å². The number of amides is 4. The van der Waals surface area contributed by atoms with Gasteiger partial charge in [0.15, 0.2) is 0 Å². The van der Waals surface area contributed by atoms with Gasteiger partial charge in [0.25, 0.3) is 0 Å². The Hall–Kier alpha value is -1.04. The maximum Gasteiger partial charge on any atom is 0.344 e. The van der Waals surface area contributed by atoms with Crippen molar-refractivity contribution in [3.8, 4) is 0 Å². The van der Waals surface area contributed by atoms with Gasteiger partial charge in [-0.15, -0.1) is 0 Å². The van der Waals surface area contributed by atoms with Crippen molar-refractivity contribution < 1.29 is 14.4 Å². The molecule has 0 aromatic carbocycles. The van der Waals surface area contributed by atoms with Crippen LogP contribution in [-0.2, 0) is 9.59 Å². The van der Waals surface area contributed by atoms with E-state index in [1.807, 2.05) is 20.8 Å². The monoisotopic (exact) mass is 342 g/mol. The molecule has 0 N–H and O–H groups in total. The second kappa shape index (κ2) is 9.30. The molecule has 6 heteroatoms. The fourth-order valence-electron chi connectivity index (χ4n) is 2.44. The normalized spacial score (nSPS) is 15.9. The first-order valence-electron chi connectivity index (χ1n) is 8.67. The number of rotatable bonds is 10. The molecule has 23 heavy (non-hydrogen) atoms. The number of nitrogens with zero attached hydrogens (tertiary/aromatic N) is 2. The van der Waals surface area contributed by atoms with E-state index in [1.54, 1.807) is 0 Å². The van der Waals surface area contributed by atoms with Gasteiger partial charge in [0.2, 0.25) is 0 Å². The topological polar surface area (TPSA) is 57.7 Å². The van der Waals surface area contributed by atoms with E-state index in [-0.39, 0.29) is 4.75 Å². The Labute approximate surface area is 144 Å². The predicted molar refractivity (Wildman–Crippen MR) is 93.9 cm³/mol. The number of carbonyl (C=O) groups excluding carboxylic acids is 3. The molecule has 0 aromatic heterocycles. The smallest absolute Gasteiger partial charge is 0.263 e. The number of hydrogen-bond acceptors (Lipinski definition) is 4. The number of carbonyl (C=O) groups is 3. The quantitative estimate of drug-likeness (QED) is 0.256. The van der Waals surface area contributed by atoms with Crippen LogP contribution in [-0.4, -0.2) is 38.3 Å².